The third kappa shape index (κ3) is 2.10. The highest BCUT2D eigenvalue weighted by molar-refractivity contribution is 9.10. The van der Waals surface area contributed by atoms with E-state index in [4.69, 9.17) is 0 Å². The zero-order valence-electron chi connectivity index (χ0n) is 5.60. The normalized spacial score (nSPS) is 10.4. The van der Waals surface area contributed by atoms with Gasteiger partial charge in [-0.15, -0.1) is 0 Å². The lowest BCUT2D eigenvalue weighted by Gasteiger charge is -2.05. The Balaban J connectivity index is 2.96. The smallest absolute Gasteiger partial charge is 0.387 e. The van der Waals surface area contributed by atoms with E-state index in [1.54, 1.807) is 0 Å². The van der Waals surface area contributed by atoms with Crippen LogP contribution in [-0.2, 0) is 0 Å². The SMILES string of the molecule is Fc1ccnc(Br)c1OC(F)F. The molecule has 1 heterocycles. The van der Waals surface area contributed by atoms with Gasteiger partial charge in [0.05, 0.1) is 0 Å². The average Bonchev–Trinajstić information content (AvgIpc) is 1.97. The van der Waals surface area contributed by atoms with Crippen molar-refractivity contribution in [3.05, 3.63) is 22.7 Å². The van der Waals surface area contributed by atoms with Crippen LogP contribution in [0.2, 0.25) is 0 Å². The van der Waals surface area contributed by atoms with Crippen molar-refractivity contribution >= 4 is 15.9 Å². The van der Waals surface area contributed by atoms with Crippen LogP contribution in [0.4, 0.5) is 13.2 Å². The second-order valence-electron chi connectivity index (χ2n) is 1.79. The van der Waals surface area contributed by atoms with Crippen LogP contribution in [-0.4, -0.2) is 11.6 Å². The number of aromatic nitrogens is 1. The maximum absolute atomic E-state index is 12.7. The number of hydrogen-bond acceptors (Lipinski definition) is 2. The summed E-state index contributed by atoms with van der Waals surface area (Å²) in [6.07, 6.45) is 1.14. The number of alkyl halides is 2. The molecule has 6 heteroatoms. The van der Waals surface area contributed by atoms with E-state index in [0.717, 1.165) is 12.3 Å². The van der Waals surface area contributed by atoms with Gasteiger partial charge < -0.3 is 4.74 Å². The van der Waals surface area contributed by atoms with E-state index < -0.39 is 18.2 Å². The standard InChI is InChI=1S/C6H3BrF3NO/c7-5-4(12-6(9)10)3(8)1-2-11-5/h1-2,6H. The predicted octanol–water partition coefficient (Wildman–Crippen LogP) is 2.58. The van der Waals surface area contributed by atoms with Gasteiger partial charge in [-0.1, -0.05) is 0 Å². The highest BCUT2D eigenvalue weighted by atomic mass is 79.9. The highest BCUT2D eigenvalue weighted by Crippen LogP contribution is 2.26. The largest absolute Gasteiger partial charge is 0.429 e. The molecule has 0 saturated heterocycles. The predicted molar refractivity (Wildman–Crippen MR) is 38.5 cm³/mol. The molecule has 66 valence electrons. The fourth-order valence-electron chi connectivity index (χ4n) is 0.595. The van der Waals surface area contributed by atoms with Gasteiger partial charge in [0.25, 0.3) is 0 Å². The summed E-state index contributed by atoms with van der Waals surface area (Å²) in [5, 5.41) is 0. The van der Waals surface area contributed by atoms with Gasteiger partial charge in [0.2, 0.25) is 0 Å². The Morgan fingerprint density at radius 3 is 2.67 bits per heavy atom. The first-order valence-electron chi connectivity index (χ1n) is 2.86. The molecule has 1 rings (SSSR count). The number of rotatable bonds is 2. The van der Waals surface area contributed by atoms with E-state index in [0.29, 0.717) is 0 Å². The molecule has 0 radical (unpaired) electrons. The molecule has 0 amide bonds. The first-order valence-corrected chi connectivity index (χ1v) is 3.65. The Hall–Kier alpha value is -0.780. The monoisotopic (exact) mass is 241 g/mol. The lowest BCUT2D eigenvalue weighted by molar-refractivity contribution is -0.0530. The average molecular weight is 242 g/mol. The summed E-state index contributed by atoms with van der Waals surface area (Å²) in [7, 11) is 0. The van der Waals surface area contributed by atoms with Gasteiger partial charge in [-0.25, -0.2) is 9.37 Å². The number of pyridine rings is 1. The van der Waals surface area contributed by atoms with E-state index in [-0.39, 0.29) is 4.60 Å². The summed E-state index contributed by atoms with van der Waals surface area (Å²) in [5.41, 5.74) is 0. The second kappa shape index (κ2) is 3.75. The minimum atomic E-state index is -3.06. The van der Waals surface area contributed by atoms with Crippen molar-refractivity contribution in [1.82, 2.24) is 4.98 Å². The molecule has 0 aliphatic carbocycles. The van der Waals surface area contributed by atoms with Crippen molar-refractivity contribution in [3.63, 3.8) is 0 Å². The van der Waals surface area contributed by atoms with Gasteiger partial charge in [0.1, 0.15) is 0 Å². The molecule has 12 heavy (non-hydrogen) atoms. The molecule has 0 aliphatic rings. The number of hydrogen-bond donors (Lipinski definition) is 0. The Morgan fingerprint density at radius 2 is 2.17 bits per heavy atom. The fourth-order valence-corrected chi connectivity index (χ4v) is 0.996. The van der Waals surface area contributed by atoms with Crippen LogP contribution in [0.5, 0.6) is 5.75 Å². The molecule has 0 unspecified atom stereocenters. The Bertz CT molecular complexity index is 261. The van der Waals surface area contributed by atoms with Crippen molar-refractivity contribution in [3.8, 4) is 5.75 Å². The van der Waals surface area contributed by atoms with Crippen LogP contribution < -0.4 is 4.74 Å². The minimum absolute atomic E-state index is 0.0807. The van der Waals surface area contributed by atoms with E-state index >= 15 is 0 Å². The molecule has 0 aliphatic heterocycles. The molecule has 1 aromatic heterocycles. The minimum Gasteiger partial charge on any atom is -0.429 e. The van der Waals surface area contributed by atoms with E-state index in [1.807, 2.05) is 0 Å². The maximum atomic E-state index is 12.7. The Labute approximate surface area is 74.5 Å². The van der Waals surface area contributed by atoms with E-state index in [9.17, 15) is 13.2 Å². The Morgan fingerprint density at radius 1 is 1.50 bits per heavy atom. The van der Waals surface area contributed by atoms with Crippen molar-refractivity contribution in [2.24, 2.45) is 0 Å². The summed E-state index contributed by atoms with van der Waals surface area (Å²) >= 11 is 2.77. The number of ether oxygens (including phenoxy) is 1. The second-order valence-corrected chi connectivity index (χ2v) is 2.54. The molecule has 0 fully saturated rings. The van der Waals surface area contributed by atoms with Crippen LogP contribution in [0.25, 0.3) is 0 Å². The van der Waals surface area contributed by atoms with Crippen molar-refractivity contribution < 1.29 is 17.9 Å². The molecule has 0 N–H and O–H groups in total. The van der Waals surface area contributed by atoms with E-state index in [2.05, 4.69) is 25.7 Å². The summed E-state index contributed by atoms with van der Waals surface area (Å²) < 4.78 is 39.7. The Kier molecular flexibility index (Phi) is 2.91. The van der Waals surface area contributed by atoms with Gasteiger partial charge in [0, 0.05) is 6.20 Å². The lowest BCUT2D eigenvalue weighted by Crippen LogP contribution is -2.04. The molecule has 0 saturated carbocycles. The van der Waals surface area contributed by atoms with Crippen molar-refractivity contribution in [1.29, 1.82) is 0 Å². The number of nitrogens with zero attached hydrogens (tertiary/aromatic N) is 1. The molecule has 0 bridgehead atoms. The van der Waals surface area contributed by atoms with Gasteiger partial charge in [0.15, 0.2) is 16.2 Å². The molecule has 0 atom stereocenters. The zero-order chi connectivity index (χ0) is 9.14. The van der Waals surface area contributed by atoms with Crippen molar-refractivity contribution in [2.45, 2.75) is 6.61 Å². The summed E-state index contributed by atoms with van der Waals surface area (Å²) in [6.45, 7) is -3.06. The van der Waals surface area contributed by atoms with Crippen LogP contribution in [0, 0.1) is 5.82 Å². The van der Waals surface area contributed by atoms with Gasteiger partial charge >= 0.3 is 6.61 Å². The first kappa shape index (κ1) is 9.31. The summed E-state index contributed by atoms with van der Waals surface area (Å²) in [4.78, 5) is 3.51. The third-order valence-corrected chi connectivity index (χ3v) is 1.58. The summed E-state index contributed by atoms with van der Waals surface area (Å²) in [5.74, 6) is -1.45. The quantitative estimate of drug-likeness (QED) is 0.743. The van der Waals surface area contributed by atoms with Gasteiger partial charge in [-0.2, -0.15) is 8.78 Å². The van der Waals surface area contributed by atoms with E-state index in [1.165, 1.54) is 0 Å². The molecule has 2 nitrogen and oxygen atoms in total. The molecular weight excluding hydrogens is 239 g/mol. The van der Waals surface area contributed by atoms with Crippen LogP contribution in [0.15, 0.2) is 16.9 Å². The van der Waals surface area contributed by atoms with Gasteiger partial charge in [-0.05, 0) is 22.0 Å². The van der Waals surface area contributed by atoms with Crippen molar-refractivity contribution in [2.75, 3.05) is 0 Å². The molecule has 1 aromatic rings. The maximum Gasteiger partial charge on any atom is 0.387 e. The summed E-state index contributed by atoms with van der Waals surface area (Å²) in [6, 6.07) is 0.933. The zero-order valence-corrected chi connectivity index (χ0v) is 7.19. The molecule has 0 aromatic carbocycles. The van der Waals surface area contributed by atoms with Gasteiger partial charge in [-0.3, -0.25) is 0 Å². The topological polar surface area (TPSA) is 22.1 Å². The van der Waals surface area contributed by atoms with Crippen LogP contribution in [0.3, 0.4) is 0 Å². The van der Waals surface area contributed by atoms with Crippen LogP contribution in [0.1, 0.15) is 0 Å². The highest BCUT2D eigenvalue weighted by Gasteiger charge is 2.13. The number of halogens is 4. The molecular formula is C6H3BrF3NO. The van der Waals surface area contributed by atoms with Crippen LogP contribution >= 0.6 is 15.9 Å². The first-order chi connectivity index (χ1) is 5.61. The fraction of sp³-hybridized carbons (Fsp3) is 0.167. The third-order valence-electron chi connectivity index (χ3n) is 1.02. The lowest BCUT2D eigenvalue weighted by atomic mass is 10.4. The molecule has 0 spiro atoms.